The van der Waals surface area contributed by atoms with Crippen LogP contribution in [0.1, 0.15) is 19.8 Å². The lowest BCUT2D eigenvalue weighted by Gasteiger charge is -2.09. The van der Waals surface area contributed by atoms with Gasteiger partial charge in [-0.3, -0.25) is 0 Å². The standard InChI is InChI=1S/C9H20O4/c1-2-12-8-9(11)4-3-6-13-7-5-10/h9-11H,2-8H2,1H3. The van der Waals surface area contributed by atoms with Crippen molar-refractivity contribution < 1.29 is 19.7 Å². The smallest absolute Gasteiger partial charge is 0.0774 e. The molecule has 0 rings (SSSR count). The average molecular weight is 192 g/mol. The maximum atomic E-state index is 9.31. The molecule has 0 saturated heterocycles. The molecule has 13 heavy (non-hydrogen) atoms. The molecule has 4 nitrogen and oxygen atoms in total. The fourth-order valence-electron chi connectivity index (χ4n) is 0.925. The Morgan fingerprint density at radius 1 is 1.23 bits per heavy atom. The molecule has 1 unspecified atom stereocenters. The highest BCUT2D eigenvalue weighted by molar-refractivity contribution is 4.53. The molecule has 2 N–H and O–H groups in total. The van der Waals surface area contributed by atoms with Crippen molar-refractivity contribution in [2.45, 2.75) is 25.9 Å². The molecular formula is C9H20O4. The van der Waals surface area contributed by atoms with Crippen LogP contribution in [0.4, 0.5) is 0 Å². The van der Waals surface area contributed by atoms with Gasteiger partial charge in [0.15, 0.2) is 0 Å². The summed E-state index contributed by atoms with van der Waals surface area (Å²) in [6.45, 7) is 3.96. The number of hydrogen-bond acceptors (Lipinski definition) is 4. The van der Waals surface area contributed by atoms with Crippen LogP contribution in [0.5, 0.6) is 0 Å². The Balaban J connectivity index is 3.03. The summed E-state index contributed by atoms with van der Waals surface area (Å²) in [5.74, 6) is 0. The molecule has 0 bridgehead atoms. The van der Waals surface area contributed by atoms with Gasteiger partial charge in [0.1, 0.15) is 0 Å². The molecule has 0 aromatic carbocycles. The minimum absolute atomic E-state index is 0.0570. The number of aliphatic hydroxyl groups is 2. The summed E-state index contributed by atoms with van der Waals surface area (Å²) in [6, 6.07) is 0. The van der Waals surface area contributed by atoms with Gasteiger partial charge in [0.25, 0.3) is 0 Å². The van der Waals surface area contributed by atoms with E-state index in [-0.39, 0.29) is 6.61 Å². The predicted molar refractivity (Wildman–Crippen MR) is 49.6 cm³/mol. The van der Waals surface area contributed by atoms with Crippen LogP contribution in [0.25, 0.3) is 0 Å². The molecule has 0 radical (unpaired) electrons. The zero-order valence-corrected chi connectivity index (χ0v) is 8.24. The molecule has 0 aliphatic rings. The van der Waals surface area contributed by atoms with Crippen LogP contribution in [0.2, 0.25) is 0 Å². The largest absolute Gasteiger partial charge is 0.394 e. The van der Waals surface area contributed by atoms with Gasteiger partial charge in [-0.05, 0) is 19.8 Å². The third-order valence-electron chi connectivity index (χ3n) is 1.58. The zero-order valence-electron chi connectivity index (χ0n) is 8.24. The summed E-state index contributed by atoms with van der Waals surface area (Å²) in [4.78, 5) is 0. The van der Waals surface area contributed by atoms with E-state index in [4.69, 9.17) is 14.6 Å². The van der Waals surface area contributed by atoms with E-state index in [1.165, 1.54) is 0 Å². The van der Waals surface area contributed by atoms with Gasteiger partial charge in [0.05, 0.1) is 25.9 Å². The van der Waals surface area contributed by atoms with Crippen molar-refractivity contribution in [3.8, 4) is 0 Å². The monoisotopic (exact) mass is 192 g/mol. The van der Waals surface area contributed by atoms with Crippen molar-refractivity contribution in [3.05, 3.63) is 0 Å². The van der Waals surface area contributed by atoms with Gasteiger partial charge in [-0.2, -0.15) is 0 Å². The lowest BCUT2D eigenvalue weighted by atomic mass is 10.2. The average Bonchev–Trinajstić information content (AvgIpc) is 2.14. The summed E-state index contributed by atoms with van der Waals surface area (Å²) in [5, 5.41) is 17.7. The van der Waals surface area contributed by atoms with Crippen molar-refractivity contribution in [1.29, 1.82) is 0 Å². The second-order valence-electron chi connectivity index (χ2n) is 2.79. The molecule has 0 heterocycles. The van der Waals surface area contributed by atoms with E-state index < -0.39 is 6.10 Å². The van der Waals surface area contributed by atoms with Gasteiger partial charge in [-0.25, -0.2) is 0 Å². The maximum absolute atomic E-state index is 9.31. The molecule has 0 aromatic rings. The summed E-state index contributed by atoms with van der Waals surface area (Å²) >= 11 is 0. The Morgan fingerprint density at radius 3 is 2.62 bits per heavy atom. The van der Waals surface area contributed by atoms with Crippen molar-refractivity contribution in [2.24, 2.45) is 0 Å². The molecule has 0 aliphatic carbocycles. The van der Waals surface area contributed by atoms with E-state index in [9.17, 15) is 5.11 Å². The summed E-state index contributed by atoms with van der Waals surface area (Å²) in [5.41, 5.74) is 0. The number of aliphatic hydroxyl groups excluding tert-OH is 2. The van der Waals surface area contributed by atoms with Gasteiger partial charge in [-0.1, -0.05) is 0 Å². The molecular weight excluding hydrogens is 172 g/mol. The first-order valence-corrected chi connectivity index (χ1v) is 4.75. The van der Waals surface area contributed by atoms with Crippen molar-refractivity contribution in [3.63, 3.8) is 0 Å². The molecule has 0 aromatic heterocycles. The van der Waals surface area contributed by atoms with E-state index in [0.717, 1.165) is 6.42 Å². The van der Waals surface area contributed by atoms with Gasteiger partial charge in [0, 0.05) is 13.2 Å². The molecule has 0 saturated carbocycles. The Morgan fingerprint density at radius 2 is 2.00 bits per heavy atom. The molecule has 80 valence electrons. The lowest BCUT2D eigenvalue weighted by molar-refractivity contribution is 0.0284. The molecule has 0 amide bonds. The van der Waals surface area contributed by atoms with Crippen LogP contribution in [-0.2, 0) is 9.47 Å². The van der Waals surface area contributed by atoms with Crippen molar-refractivity contribution in [1.82, 2.24) is 0 Å². The van der Waals surface area contributed by atoms with Gasteiger partial charge >= 0.3 is 0 Å². The number of hydrogen-bond donors (Lipinski definition) is 2. The maximum Gasteiger partial charge on any atom is 0.0774 e. The van der Waals surface area contributed by atoms with E-state index in [1.807, 2.05) is 6.92 Å². The predicted octanol–water partition coefficient (Wildman–Crippen LogP) is 0.173. The Labute approximate surface area is 79.5 Å². The Hall–Kier alpha value is -0.160. The quantitative estimate of drug-likeness (QED) is 0.511. The van der Waals surface area contributed by atoms with Crippen LogP contribution in [0.3, 0.4) is 0 Å². The SMILES string of the molecule is CCOCC(O)CCCOCCO. The number of rotatable bonds is 9. The number of ether oxygens (including phenoxy) is 2. The molecule has 0 fully saturated rings. The fourth-order valence-corrected chi connectivity index (χ4v) is 0.925. The third-order valence-corrected chi connectivity index (χ3v) is 1.58. The molecule has 1 atom stereocenters. The Kier molecular flexibility index (Phi) is 9.80. The van der Waals surface area contributed by atoms with Crippen LogP contribution >= 0.6 is 0 Å². The van der Waals surface area contributed by atoms with Gasteiger partial charge in [0.2, 0.25) is 0 Å². The van der Waals surface area contributed by atoms with Crippen LogP contribution < -0.4 is 0 Å². The van der Waals surface area contributed by atoms with E-state index in [1.54, 1.807) is 0 Å². The fraction of sp³-hybridized carbons (Fsp3) is 1.00. The van der Waals surface area contributed by atoms with Crippen LogP contribution in [0, 0.1) is 0 Å². The first-order valence-electron chi connectivity index (χ1n) is 4.75. The second kappa shape index (κ2) is 9.92. The van der Waals surface area contributed by atoms with Gasteiger partial charge < -0.3 is 19.7 Å². The highest BCUT2D eigenvalue weighted by Gasteiger charge is 2.02. The van der Waals surface area contributed by atoms with Gasteiger partial charge in [-0.15, -0.1) is 0 Å². The molecule has 4 heteroatoms. The first kappa shape index (κ1) is 12.8. The summed E-state index contributed by atoms with van der Waals surface area (Å²) in [7, 11) is 0. The molecule has 0 spiro atoms. The minimum atomic E-state index is -0.391. The zero-order chi connectivity index (χ0) is 9.94. The van der Waals surface area contributed by atoms with E-state index >= 15 is 0 Å². The van der Waals surface area contributed by atoms with Crippen LogP contribution in [-0.4, -0.2) is 49.4 Å². The summed E-state index contributed by atoms with van der Waals surface area (Å²) in [6.07, 6.45) is 1.09. The van der Waals surface area contributed by atoms with Crippen LogP contribution in [0.15, 0.2) is 0 Å². The Bertz CT molecular complexity index is 97.6. The minimum Gasteiger partial charge on any atom is -0.394 e. The van der Waals surface area contributed by atoms with E-state index in [2.05, 4.69) is 0 Å². The molecule has 0 aliphatic heterocycles. The first-order chi connectivity index (χ1) is 6.31. The van der Waals surface area contributed by atoms with E-state index in [0.29, 0.717) is 32.8 Å². The van der Waals surface area contributed by atoms with Crippen molar-refractivity contribution in [2.75, 3.05) is 33.0 Å². The van der Waals surface area contributed by atoms with Crippen molar-refractivity contribution >= 4 is 0 Å². The highest BCUT2D eigenvalue weighted by atomic mass is 16.5. The summed E-state index contributed by atoms with van der Waals surface area (Å²) < 4.78 is 10.1. The third kappa shape index (κ3) is 9.76. The highest BCUT2D eigenvalue weighted by Crippen LogP contribution is 1.98. The normalized spacial score (nSPS) is 13.2. The topological polar surface area (TPSA) is 58.9 Å². The second-order valence-corrected chi connectivity index (χ2v) is 2.79. The lowest BCUT2D eigenvalue weighted by Crippen LogP contribution is -2.16.